The van der Waals surface area contributed by atoms with E-state index in [1.807, 2.05) is 4.90 Å². The maximum atomic E-state index is 13.2. The highest BCUT2D eigenvalue weighted by Crippen LogP contribution is 2.23. The van der Waals surface area contributed by atoms with Gasteiger partial charge in [0.25, 0.3) is 0 Å². The van der Waals surface area contributed by atoms with Crippen molar-refractivity contribution in [3.05, 3.63) is 30.1 Å². The Balaban J connectivity index is 2.07. The van der Waals surface area contributed by atoms with E-state index in [1.165, 1.54) is 6.07 Å². The van der Waals surface area contributed by atoms with Crippen LogP contribution in [-0.4, -0.2) is 26.3 Å². The summed E-state index contributed by atoms with van der Waals surface area (Å²) in [5.74, 6) is -0.211. The molecule has 1 aromatic rings. The third kappa shape index (κ3) is 1.52. The molecule has 0 aromatic heterocycles. The van der Waals surface area contributed by atoms with Gasteiger partial charge in [-0.2, -0.15) is 0 Å². The van der Waals surface area contributed by atoms with E-state index in [0.717, 1.165) is 13.1 Å². The minimum absolute atomic E-state index is 0.211. The van der Waals surface area contributed by atoms with Crippen molar-refractivity contribution in [3.63, 3.8) is 0 Å². The summed E-state index contributed by atoms with van der Waals surface area (Å²) >= 11 is 0. The van der Waals surface area contributed by atoms with Gasteiger partial charge in [-0.05, 0) is 6.07 Å². The zero-order chi connectivity index (χ0) is 9.26. The first-order valence-electron chi connectivity index (χ1n) is 4.25. The first-order valence-corrected chi connectivity index (χ1v) is 4.25. The molecule has 0 unspecified atom stereocenters. The number of hydrogen-bond acceptors (Lipinski definition) is 2. The van der Waals surface area contributed by atoms with Crippen molar-refractivity contribution < 1.29 is 9.13 Å². The van der Waals surface area contributed by atoms with Crippen LogP contribution in [0.4, 0.5) is 10.1 Å². The van der Waals surface area contributed by atoms with Gasteiger partial charge >= 0.3 is 0 Å². The summed E-state index contributed by atoms with van der Waals surface area (Å²) in [5, 5.41) is 0. The minimum Gasteiger partial charge on any atom is -0.378 e. The molecule has 1 saturated heterocycles. The molecular weight excluding hydrogens is 169 g/mol. The molecule has 1 heterocycles. The number of halogens is 1. The average Bonchev–Trinajstić information content (AvgIpc) is 2.06. The lowest BCUT2D eigenvalue weighted by atomic mass is 10.1. The van der Waals surface area contributed by atoms with Gasteiger partial charge in [-0.1, -0.05) is 12.1 Å². The van der Waals surface area contributed by atoms with Crippen molar-refractivity contribution >= 4 is 5.69 Å². The van der Waals surface area contributed by atoms with Gasteiger partial charge < -0.3 is 9.64 Å². The molecule has 69 valence electrons. The second kappa shape index (κ2) is 3.34. The molecule has 1 radical (unpaired) electrons. The number of benzene rings is 1. The molecule has 0 N–H and O–H groups in total. The monoisotopic (exact) mass is 180 g/mol. The first-order chi connectivity index (χ1) is 6.31. The molecule has 0 saturated carbocycles. The Labute approximate surface area is 76.9 Å². The number of methoxy groups -OCH3 is 1. The van der Waals surface area contributed by atoms with E-state index in [-0.39, 0.29) is 11.9 Å². The number of anilines is 1. The van der Waals surface area contributed by atoms with Gasteiger partial charge in [-0.3, -0.25) is 0 Å². The fourth-order valence-corrected chi connectivity index (χ4v) is 1.42. The van der Waals surface area contributed by atoms with E-state index in [0.29, 0.717) is 5.69 Å². The maximum absolute atomic E-state index is 13.2. The fourth-order valence-electron chi connectivity index (χ4n) is 1.42. The summed E-state index contributed by atoms with van der Waals surface area (Å²) in [6, 6.07) is 7.70. The Morgan fingerprint density at radius 2 is 2.38 bits per heavy atom. The Morgan fingerprint density at radius 3 is 3.00 bits per heavy atom. The van der Waals surface area contributed by atoms with Gasteiger partial charge in [0, 0.05) is 26.3 Å². The first kappa shape index (κ1) is 8.51. The molecule has 0 atom stereocenters. The molecule has 1 fully saturated rings. The number of nitrogens with zero attached hydrogens (tertiary/aromatic N) is 1. The van der Waals surface area contributed by atoms with Crippen LogP contribution in [0.25, 0.3) is 0 Å². The summed E-state index contributed by atoms with van der Waals surface area (Å²) in [6.45, 7) is 1.52. The topological polar surface area (TPSA) is 12.5 Å². The van der Waals surface area contributed by atoms with Crippen molar-refractivity contribution in [1.29, 1.82) is 0 Å². The molecule has 2 rings (SSSR count). The molecule has 13 heavy (non-hydrogen) atoms. The largest absolute Gasteiger partial charge is 0.378 e. The normalized spacial score (nSPS) is 17.2. The van der Waals surface area contributed by atoms with E-state index in [9.17, 15) is 4.39 Å². The SMILES string of the molecule is COC1CN(c2[c]cccc2F)C1. The van der Waals surface area contributed by atoms with Crippen molar-refractivity contribution in [2.45, 2.75) is 6.10 Å². The molecule has 0 bridgehead atoms. The van der Waals surface area contributed by atoms with Crippen molar-refractivity contribution in [1.82, 2.24) is 0 Å². The van der Waals surface area contributed by atoms with Gasteiger partial charge in [-0.15, -0.1) is 0 Å². The predicted octanol–water partition coefficient (Wildman–Crippen LogP) is 1.46. The summed E-state index contributed by atoms with van der Waals surface area (Å²) in [7, 11) is 1.67. The Bertz CT molecular complexity index is 297. The van der Waals surface area contributed by atoms with Crippen molar-refractivity contribution in [2.75, 3.05) is 25.1 Å². The van der Waals surface area contributed by atoms with E-state index in [1.54, 1.807) is 19.2 Å². The molecule has 0 spiro atoms. The number of rotatable bonds is 2. The van der Waals surface area contributed by atoms with Crippen LogP contribution in [-0.2, 0) is 4.74 Å². The maximum Gasteiger partial charge on any atom is 0.147 e. The smallest absolute Gasteiger partial charge is 0.147 e. The van der Waals surface area contributed by atoms with E-state index in [2.05, 4.69) is 6.07 Å². The molecule has 0 aliphatic carbocycles. The van der Waals surface area contributed by atoms with Gasteiger partial charge in [0.15, 0.2) is 0 Å². The second-order valence-corrected chi connectivity index (χ2v) is 3.13. The lowest BCUT2D eigenvalue weighted by molar-refractivity contribution is 0.0783. The van der Waals surface area contributed by atoms with Crippen LogP contribution >= 0.6 is 0 Å². The average molecular weight is 180 g/mol. The quantitative estimate of drug-likeness (QED) is 0.683. The molecule has 0 amide bonds. The van der Waals surface area contributed by atoms with Crippen molar-refractivity contribution in [3.8, 4) is 0 Å². The van der Waals surface area contributed by atoms with Gasteiger partial charge in [0.1, 0.15) is 5.82 Å². The third-order valence-electron chi connectivity index (χ3n) is 2.28. The van der Waals surface area contributed by atoms with Gasteiger partial charge in [-0.25, -0.2) is 4.39 Å². The highest BCUT2D eigenvalue weighted by molar-refractivity contribution is 5.49. The van der Waals surface area contributed by atoms with Crippen LogP contribution in [0.5, 0.6) is 0 Å². The van der Waals surface area contributed by atoms with Gasteiger partial charge in [0.2, 0.25) is 0 Å². The number of para-hydroxylation sites is 1. The fraction of sp³-hybridized carbons (Fsp3) is 0.400. The molecule has 1 aromatic carbocycles. The summed E-state index contributed by atoms with van der Waals surface area (Å²) in [4.78, 5) is 1.92. The predicted molar refractivity (Wildman–Crippen MR) is 48.2 cm³/mol. The molecule has 1 aliphatic rings. The third-order valence-corrected chi connectivity index (χ3v) is 2.28. The second-order valence-electron chi connectivity index (χ2n) is 3.13. The summed E-state index contributed by atoms with van der Waals surface area (Å²) in [6.07, 6.45) is 0.244. The van der Waals surface area contributed by atoms with Crippen LogP contribution in [0, 0.1) is 11.9 Å². The van der Waals surface area contributed by atoms with Crippen LogP contribution in [0.1, 0.15) is 0 Å². The Hall–Kier alpha value is -1.09. The minimum atomic E-state index is -0.211. The van der Waals surface area contributed by atoms with E-state index >= 15 is 0 Å². The van der Waals surface area contributed by atoms with E-state index in [4.69, 9.17) is 4.74 Å². The van der Waals surface area contributed by atoms with Crippen LogP contribution in [0.3, 0.4) is 0 Å². The van der Waals surface area contributed by atoms with Gasteiger partial charge in [0.05, 0.1) is 11.8 Å². The van der Waals surface area contributed by atoms with Crippen LogP contribution in [0.15, 0.2) is 18.2 Å². The number of ether oxygens (including phenoxy) is 1. The molecule has 1 aliphatic heterocycles. The standard InChI is InChI=1S/C10H11FNO/c1-13-8-6-12(7-8)10-5-3-2-4-9(10)11/h2-4,8H,6-7H2,1H3. The highest BCUT2D eigenvalue weighted by Gasteiger charge is 2.28. The Morgan fingerprint density at radius 1 is 1.62 bits per heavy atom. The summed E-state index contributed by atoms with van der Waals surface area (Å²) < 4.78 is 18.3. The number of hydrogen-bond donors (Lipinski definition) is 0. The Kier molecular flexibility index (Phi) is 2.19. The van der Waals surface area contributed by atoms with Crippen molar-refractivity contribution in [2.24, 2.45) is 0 Å². The lowest BCUT2D eigenvalue weighted by Crippen LogP contribution is -2.52. The summed E-state index contributed by atoms with van der Waals surface area (Å²) in [5.41, 5.74) is 0.552. The zero-order valence-corrected chi connectivity index (χ0v) is 7.46. The molecule has 3 heteroatoms. The van der Waals surface area contributed by atoms with Crippen LogP contribution < -0.4 is 4.90 Å². The lowest BCUT2D eigenvalue weighted by Gasteiger charge is -2.39. The highest BCUT2D eigenvalue weighted by atomic mass is 19.1. The van der Waals surface area contributed by atoms with E-state index < -0.39 is 0 Å². The zero-order valence-electron chi connectivity index (χ0n) is 7.46. The molecular formula is C10H11FNO. The molecule has 2 nitrogen and oxygen atoms in total. The van der Waals surface area contributed by atoms with Crippen LogP contribution in [0.2, 0.25) is 0 Å².